The molecule has 5 heteroatoms. The maximum Gasteiger partial charge on any atom is 0.310 e. The largest absolute Gasteiger partial charge is 0.481 e. The van der Waals surface area contributed by atoms with Gasteiger partial charge >= 0.3 is 5.97 Å². The van der Waals surface area contributed by atoms with Gasteiger partial charge in [0.25, 0.3) is 0 Å². The van der Waals surface area contributed by atoms with Crippen LogP contribution in [0.3, 0.4) is 0 Å². The average Bonchev–Trinajstić information content (AvgIpc) is 1.82. The number of hydrogen-bond acceptors (Lipinski definition) is 4. The fourth-order valence-corrected chi connectivity index (χ4v) is 0.607. The fourth-order valence-electron chi connectivity index (χ4n) is 0.607. The summed E-state index contributed by atoms with van der Waals surface area (Å²) >= 11 is 0. The first-order valence-corrected chi connectivity index (χ1v) is 3.44. The molecule has 0 aliphatic carbocycles. The van der Waals surface area contributed by atoms with Crippen molar-refractivity contribution in [1.29, 1.82) is 0 Å². The van der Waals surface area contributed by atoms with Gasteiger partial charge < -0.3 is 15.3 Å². The van der Waals surface area contributed by atoms with Crippen molar-refractivity contribution in [2.75, 3.05) is 0 Å². The third-order valence-electron chi connectivity index (χ3n) is 1.63. The maximum absolute atomic E-state index is 10.9. The van der Waals surface area contributed by atoms with Gasteiger partial charge in [0.05, 0.1) is 5.92 Å². The molecule has 0 aromatic rings. The Morgan fingerprint density at radius 2 is 1.83 bits per heavy atom. The summed E-state index contributed by atoms with van der Waals surface area (Å²) in [7, 11) is 0. The van der Waals surface area contributed by atoms with Crippen LogP contribution < -0.4 is 0 Å². The average molecular weight is 176 g/mol. The Morgan fingerprint density at radius 3 is 2.08 bits per heavy atom. The molecule has 0 aromatic carbocycles. The minimum Gasteiger partial charge on any atom is -0.481 e. The van der Waals surface area contributed by atoms with Crippen molar-refractivity contribution in [2.24, 2.45) is 5.92 Å². The predicted octanol–water partition coefficient (Wildman–Crippen LogP) is -0.633. The third-order valence-corrected chi connectivity index (χ3v) is 1.63. The number of Topliss-reactive ketones (excluding diaryl/α,β-unsaturated/α-hetero) is 1. The number of carbonyl (C=O) groups excluding carboxylic acids is 1. The zero-order chi connectivity index (χ0) is 9.94. The summed E-state index contributed by atoms with van der Waals surface area (Å²) in [6, 6.07) is 0. The zero-order valence-corrected chi connectivity index (χ0v) is 6.94. The van der Waals surface area contributed by atoms with E-state index in [-0.39, 0.29) is 0 Å². The Bertz CT molecular complexity index is 190. The molecule has 0 saturated heterocycles. The van der Waals surface area contributed by atoms with Crippen LogP contribution in [-0.4, -0.2) is 32.9 Å². The predicted molar refractivity (Wildman–Crippen MR) is 39.3 cm³/mol. The molecule has 0 rings (SSSR count). The van der Waals surface area contributed by atoms with Crippen LogP contribution in [0.15, 0.2) is 0 Å². The van der Waals surface area contributed by atoms with Gasteiger partial charge in [0.15, 0.2) is 11.6 Å². The number of carboxylic acid groups (broad SMARTS) is 1. The lowest BCUT2D eigenvalue weighted by Gasteiger charge is -2.22. The molecule has 5 nitrogen and oxygen atoms in total. The number of carbonyl (C=O) groups is 2. The van der Waals surface area contributed by atoms with Crippen molar-refractivity contribution in [3.63, 3.8) is 0 Å². The molecular weight excluding hydrogens is 164 g/mol. The van der Waals surface area contributed by atoms with Crippen LogP contribution in [-0.2, 0) is 9.59 Å². The number of aliphatic carboxylic acids is 1. The summed E-state index contributed by atoms with van der Waals surface area (Å²) in [4.78, 5) is 21.0. The molecule has 3 N–H and O–H groups in total. The van der Waals surface area contributed by atoms with Gasteiger partial charge in [-0.25, -0.2) is 0 Å². The van der Waals surface area contributed by atoms with Gasteiger partial charge in [0, 0.05) is 0 Å². The van der Waals surface area contributed by atoms with E-state index in [2.05, 4.69) is 0 Å². The van der Waals surface area contributed by atoms with Crippen molar-refractivity contribution >= 4 is 11.8 Å². The molecule has 0 radical (unpaired) electrons. The van der Waals surface area contributed by atoms with E-state index in [1.807, 2.05) is 0 Å². The fraction of sp³-hybridized carbons (Fsp3) is 0.714. The highest BCUT2D eigenvalue weighted by molar-refractivity contribution is 5.96. The molecule has 12 heavy (non-hydrogen) atoms. The SMILES string of the molecule is CC(C(=O)CC(=O)O)C(C)(O)O. The Labute approximate surface area is 69.6 Å². The van der Waals surface area contributed by atoms with Gasteiger partial charge in [-0.1, -0.05) is 6.92 Å². The van der Waals surface area contributed by atoms with E-state index < -0.39 is 29.9 Å². The second kappa shape index (κ2) is 3.64. The second-order valence-electron chi connectivity index (χ2n) is 2.85. The number of ketones is 1. The summed E-state index contributed by atoms with van der Waals surface area (Å²) in [5.41, 5.74) is 0. The standard InChI is InChI=1S/C7H12O5/c1-4(7(2,11)12)5(8)3-6(9)10/h4,11-12H,3H2,1-2H3,(H,9,10). The maximum atomic E-state index is 10.9. The number of aliphatic hydroxyl groups is 2. The minimum absolute atomic E-state index is 0.683. The molecule has 70 valence electrons. The summed E-state index contributed by atoms with van der Waals surface area (Å²) < 4.78 is 0. The van der Waals surface area contributed by atoms with E-state index in [0.29, 0.717) is 0 Å². The first kappa shape index (κ1) is 11.1. The minimum atomic E-state index is -2.15. The molecule has 0 aliphatic rings. The van der Waals surface area contributed by atoms with E-state index in [1.165, 1.54) is 6.92 Å². The van der Waals surface area contributed by atoms with Crippen LogP contribution in [0.4, 0.5) is 0 Å². The van der Waals surface area contributed by atoms with Gasteiger partial charge in [-0.05, 0) is 6.92 Å². The molecule has 0 spiro atoms. The van der Waals surface area contributed by atoms with Crippen LogP contribution in [0, 0.1) is 5.92 Å². The molecular formula is C7H12O5. The monoisotopic (exact) mass is 176 g/mol. The molecule has 0 amide bonds. The summed E-state index contributed by atoms with van der Waals surface area (Å²) in [6.45, 7) is 2.31. The molecule has 0 saturated carbocycles. The van der Waals surface area contributed by atoms with E-state index in [0.717, 1.165) is 6.92 Å². The van der Waals surface area contributed by atoms with Crippen molar-refractivity contribution in [3.8, 4) is 0 Å². The van der Waals surface area contributed by atoms with Crippen molar-refractivity contribution < 1.29 is 24.9 Å². The molecule has 1 atom stereocenters. The third kappa shape index (κ3) is 3.45. The number of carboxylic acids is 1. The smallest absolute Gasteiger partial charge is 0.310 e. The highest BCUT2D eigenvalue weighted by atomic mass is 16.5. The van der Waals surface area contributed by atoms with Crippen molar-refractivity contribution in [3.05, 3.63) is 0 Å². The molecule has 1 unspecified atom stereocenters. The molecule has 0 heterocycles. The van der Waals surface area contributed by atoms with E-state index in [9.17, 15) is 9.59 Å². The number of hydrogen-bond donors (Lipinski definition) is 3. The van der Waals surface area contributed by atoms with Gasteiger partial charge in [0.2, 0.25) is 0 Å². The first-order valence-electron chi connectivity index (χ1n) is 3.44. The molecule has 0 bridgehead atoms. The lowest BCUT2D eigenvalue weighted by Crippen LogP contribution is -2.38. The highest BCUT2D eigenvalue weighted by Gasteiger charge is 2.31. The zero-order valence-electron chi connectivity index (χ0n) is 6.94. The summed E-state index contributed by atoms with van der Waals surface area (Å²) in [5, 5.41) is 26.0. The lowest BCUT2D eigenvalue weighted by molar-refractivity contribution is -0.185. The Hall–Kier alpha value is -0.940. The van der Waals surface area contributed by atoms with E-state index in [1.54, 1.807) is 0 Å². The van der Waals surface area contributed by atoms with Crippen LogP contribution in [0.1, 0.15) is 20.3 Å². The van der Waals surface area contributed by atoms with Crippen molar-refractivity contribution in [1.82, 2.24) is 0 Å². The molecule has 0 aliphatic heterocycles. The first-order chi connectivity index (χ1) is 5.25. The Balaban J connectivity index is 4.21. The van der Waals surface area contributed by atoms with Gasteiger partial charge in [0.1, 0.15) is 6.42 Å². The quantitative estimate of drug-likeness (QED) is 0.391. The second-order valence-corrected chi connectivity index (χ2v) is 2.85. The topological polar surface area (TPSA) is 94.8 Å². The van der Waals surface area contributed by atoms with Crippen LogP contribution in [0.25, 0.3) is 0 Å². The van der Waals surface area contributed by atoms with Gasteiger partial charge in [-0.3, -0.25) is 9.59 Å². The Kier molecular flexibility index (Phi) is 3.36. The van der Waals surface area contributed by atoms with E-state index >= 15 is 0 Å². The summed E-state index contributed by atoms with van der Waals surface area (Å²) in [5.74, 6) is -5.20. The highest BCUT2D eigenvalue weighted by Crippen LogP contribution is 2.15. The van der Waals surface area contributed by atoms with Crippen LogP contribution in [0.2, 0.25) is 0 Å². The molecule has 0 fully saturated rings. The lowest BCUT2D eigenvalue weighted by atomic mass is 9.96. The Morgan fingerprint density at radius 1 is 1.42 bits per heavy atom. The van der Waals surface area contributed by atoms with Gasteiger partial charge in [-0.2, -0.15) is 0 Å². The molecule has 0 aromatic heterocycles. The van der Waals surface area contributed by atoms with Crippen LogP contribution >= 0.6 is 0 Å². The van der Waals surface area contributed by atoms with Crippen LogP contribution in [0.5, 0.6) is 0 Å². The van der Waals surface area contributed by atoms with E-state index in [4.69, 9.17) is 15.3 Å². The normalized spacial score (nSPS) is 14.0. The van der Waals surface area contributed by atoms with Crippen molar-refractivity contribution in [2.45, 2.75) is 26.1 Å². The number of rotatable bonds is 4. The van der Waals surface area contributed by atoms with Gasteiger partial charge in [-0.15, -0.1) is 0 Å². The summed E-state index contributed by atoms with van der Waals surface area (Å²) in [6.07, 6.45) is -0.683.